The van der Waals surface area contributed by atoms with E-state index in [1.807, 2.05) is 27.9 Å². The second-order valence-electron chi connectivity index (χ2n) is 8.19. The number of likely N-dealkylation sites (tertiary alicyclic amines) is 1. The molecule has 1 saturated heterocycles. The third-order valence-electron chi connectivity index (χ3n) is 5.08. The van der Waals surface area contributed by atoms with Crippen molar-refractivity contribution in [2.24, 2.45) is 0 Å². The maximum absolute atomic E-state index is 13.5. The van der Waals surface area contributed by atoms with E-state index in [4.69, 9.17) is 4.74 Å². The van der Waals surface area contributed by atoms with Gasteiger partial charge in [0.05, 0.1) is 44.9 Å². The Bertz CT molecular complexity index is 982. The number of ether oxygens (including phenoxy) is 1. The van der Waals surface area contributed by atoms with Gasteiger partial charge in [0.15, 0.2) is 0 Å². The summed E-state index contributed by atoms with van der Waals surface area (Å²) in [5, 5.41) is 11.0. The molecule has 2 N–H and O–H groups in total. The molecule has 0 bridgehead atoms. The topological polar surface area (TPSA) is 71.3 Å². The van der Waals surface area contributed by atoms with Crippen molar-refractivity contribution >= 4 is 17.4 Å². The minimum atomic E-state index is -0.786. The predicted octanol–water partition coefficient (Wildman–Crippen LogP) is 2.18. The van der Waals surface area contributed by atoms with E-state index in [0.717, 1.165) is 4.90 Å². The summed E-state index contributed by atoms with van der Waals surface area (Å²) in [6.45, 7) is 4.76. The van der Waals surface area contributed by atoms with Crippen LogP contribution in [0.5, 0.6) is 5.75 Å². The van der Waals surface area contributed by atoms with Crippen LogP contribution in [-0.4, -0.2) is 55.0 Å². The van der Waals surface area contributed by atoms with Crippen LogP contribution in [-0.2, 0) is 9.59 Å². The van der Waals surface area contributed by atoms with Crippen molar-refractivity contribution in [2.45, 2.75) is 26.0 Å². The Kier molecular flexibility index (Phi) is 6.75. The van der Waals surface area contributed by atoms with E-state index < -0.39 is 23.5 Å². The van der Waals surface area contributed by atoms with Gasteiger partial charge in [-0.05, 0) is 55.8 Å². The number of ketones is 1. The van der Waals surface area contributed by atoms with Gasteiger partial charge in [-0.3, -0.25) is 9.59 Å². The third kappa shape index (κ3) is 4.94. The fraction of sp³-hybridized carbons (Fsp3) is 0.333. The van der Waals surface area contributed by atoms with Crippen molar-refractivity contribution in [3.63, 3.8) is 0 Å². The van der Waals surface area contributed by atoms with Crippen LogP contribution in [0.25, 0.3) is 5.76 Å². The molecule has 0 aromatic heterocycles. The highest BCUT2D eigenvalue weighted by atomic mass is 19.1. The molecule has 1 fully saturated rings. The van der Waals surface area contributed by atoms with Gasteiger partial charge in [0.25, 0.3) is 11.7 Å². The second kappa shape index (κ2) is 9.31. The SMILES string of the molecule is CC(C)Oc1ccc(C(O)=C2C(=O)C(=O)N(CC[NH+](C)C)[C@H]2c2ccc(F)cc2)cc1. The number of amides is 1. The van der Waals surface area contributed by atoms with Crippen molar-refractivity contribution in [1.29, 1.82) is 0 Å². The molecule has 1 aliphatic rings. The van der Waals surface area contributed by atoms with Crippen LogP contribution in [0.3, 0.4) is 0 Å². The minimum Gasteiger partial charge on any atom is -0.507 e. The summed E-state index contributed by atoms with van der Waals surface area (Å²) in [5.74, 6) is -1.46. The summed E-state index contributed by atoms with van der Waals surface area (Å²) >= 11 is 0. The number of Topliss-reactive ketones (excluding diaryl/α,β-unsaturated/α-hetero) is 1. The highest BCUT2D eigenvalue weighted by Crippen LogP contribution is 2.39. The first kappa shape index (κ1) is 22.5. The number of halogens is 1. The Morgan fingerprint density at radius 3 is 2.26 bits per heavy atom. The van der Waals surface area contributed by atoms with Crippen LogP contribution in [0.2, 0.25) is 0 Å². The van der Waals surface area contributed by atoms with Gasteiger partial charge in [-0.15, -0.1) is 0 Å². The van der Waals surface area contributed by atoms with Crippen molar-refractivity contribution < 1.29 is 28.7 Å². The molecule has 1 heterocycles. The van der Waals surface area contributed by atoms with Crippen molar-refractivity contribution in [2.75, 3.05) is 27.2 Å². The van der Waals surface area contributed by atoms with Crippen molar-refractivity contribution in [1.82, 2.24) is 4.90 Å². The van der Waals surface area contributed by atoms with Gasteiger partial charge in [0.2, 0.25) is 0 Å². The number of carbonyl (C=O) groups excluding carboxylic acids is 2. The Balaban J connectivity index is 2.06. The predicted molar refractivity (Wildman–Crippen MR) is 115 cm³/mol. The fourth-order valence-electron chi connectivity index (χ4n) is 3.57. The zero-order chi connectivity index (χ0) is 22.7. The Morgan fingerprint density at radius 2 is 1.71 bits per heavy atom. The lowest BCUT2D eigenvalue weighted by Crippen LogP contribution is -3.06. The van der Waals surface area contributed by atoms with Gasteiger partial charge < -0.3 is 19.6 Å². The highest BCUT2D eigenvalue weighted by Gasteiger charge is 2.46. The first-order valence-electron chi connectivity index (χ1n) is 10.3. The molecule has 164 valence electrons. The number of nitrogens with zero attached hydrogens (tertiary/aromatic N) is 1. The average molecular weight is 427 g/mol. The largest absolute Gasteiger partial charge is 0.507 e. The van der Waals surface area contributed by atoms with Crippen LogP contribution < -0.4 is 9.64 Å². The molecule has 0 saturated carbocycles. The number of hydrogen-bond donors (Lipinski definition) is 2. The van der Waals surface area contributed by atoms with E-state index in [1.165, 1.54) is 29.2 Å². The van der Waals surface area contributed by atoms with Crippen LogP contribution in [0, 0.1) is 5.82 Å². The number of aliphatic hydroxyl groups is 1. The normalized spacial score (nSPS) is 18.3. The van der Waals surface area contributed by atoms with Crippen LogP contribution in [0.15, 0.2) is 54.1 Å². The summed E-state index contributed by atoms with van der Waals surface area (Å²) < 4.78 is 19.1. The molecule has 1 amide bonds. The monoisotopic (exact) mass is 427 g/mol. The van der Waals surface area contributed by atoms with Crippen molar-refractivity contribution in [3.05, 3.63) is 71.0 Å². The standard InChI is InChI=1S/C24H27FN2O4/c1-15(2)31-19-11-7-17(8-12-19)22(28)20-21(16-5-9-18(25)10-6-16)27(14-13-26(3)4)24(30)23(20)29/h5-12,15,21,28H,13-14H2,1-4H3/p+1/t21-/m0/s1. The minimum absolute atomic E-state index is 0.00192. The van der Waals surface area contributed by atoms with Crippen LogP contribution in [0.4, 0.5) is 4.39 Å². The first-order valence-corrected chi connectivity index (χ1v) is 10.3. The maximum atomic E-state index is 13.5. The summed E-state index contributed by atoms with van der Waals surface area (Å²) in [5.41, 5.74) is 0.970. The van der Waals surface area contributed by atoms with Gasteiger partial charge in [-0.25, -0.2) is 4.39 Å². The number of rotatable bonds is 7. The molecular weight excluding hydrogens is 399 g/mol. The molecule has 3 rings (SSSR count). The molecule has 31 heavy (non-hydrogen) atoms. The number of quaternary nitrogens is 1. The Morgan fingerprint density at radius 1 is 1.10 bits per heavy atom. The number of hydrogen-bond acceptors (Lipinski definition) is 4. The van der Waals surface area contributed by atoms with Gasteiger partial charge in [0, 0.05) is 5.56 Å². The van der Waals surface area contributed by atoms with E-state index in [1.54, 1.807) is 24.3 Å². The first-order chi connectivity index (χ1) is 14.7. The average Bonchev–Trinajstić information content (AvgIpc) is 2.97. The van der Waals surface area contributed by atoms with Crippen LogP contribution >= 0.6 is 0 Å². The molecule has 1 aliphatic heterocycles. The van der Waals surface area contributed by atoms with Crippen LogP contribution in [0.1, 0.15) is 31.0 Å². The number of carbonyl (C=O) groups is 2. The molecule has 0 radical (unpaired) electrons. The molecule has 7 heteroatoms. The molecule has 0 aliphatic carbocycles. The number of likely N-dealkylation sites (N-methyl/N-ethyl adjacent to an activating group) is 1. The smallest absolute Gasteiger partial charge is 0.295 e. The second-order valence-corrected chi connectivity index (χ2v) is 8.19. The fourth-order valence-corrected chi connectivity index (χ4v) is 3.57. The van der Waals surface area contributed by atoms with E-state index >= 15 is 0 Å². The van der Waals surface area contributed by atoms with E-state index in [2.05, 4.69) is 0 Å². The quantitative estimate of drug-likeness (QED) is 0.404. The Hall–Kier alpha value is -3.19. The van der Waals surface area contributed by atoms with E-state index in [9.17, 15) is 19.1 Å². The Labute approximate surface area is 181 Å². The molecule has 0 spiro atoms. The molecule has 2 aromatic rings. The maximum Gasteiger partial charge on any atom is 0.295 e. The van der Waals surface area contributed by atoms with Gasteiger partial charge in [0.1, 0.15) is 17.3 Å². The lowest BCUT2D eigenvalue weighted by atomic mass is 9.95. The van der Waals surface area contributed by atoms with Gasteiger partial charge in [-0.2, -0.15) is 0 Å². The molecule has 2 aromatic carbocycles. The number of aliphatic hydroxyl groups excluding tert-OH is 1. The zero-order valence-corrected chi connectivity index (χ0v) is 18.2. The third-order valence-corrected chi connectivity index (χ3v) is 5.08. The molecule has 6 nitrogen and oxygen atoms in total. The zero-order valence-electron chi connectivity index (χ0n) is 18.2. The summed E-state index contributed by atoms with van der Waals surface area (Å²) in [6, 6.07) is 11.5. The summed E-state index contributed by atoms with van der Waals surface area (Å²) in [4.78, 5) is 28.3. The van der Waals surface area contributed by atoms with E-state index in [-0.39, 0.29) is 17.4 Å². The molecule has 0 unspecified atom stereocenters. The van der Waals surface area contributed by atoms with Gasteiger partial charge in [-0.1, -0.05) is 12.1 Å². The molecule has 1 atom stereocenters. The van der Waals surface area contributed by atoms with Gasteiger partial charge >= 0.3 is 0 Å². The summed E-state index contributed by atoms with van der Waals surface area (Å²) in [7, 11) is 3.90. The lowest BCUT2D eigenvalue weighted by molar-refractivity contribution is -0.857. The number of benzene rings is 2. The summed E-state index contributed by atoms with van der Waals surface area (Å²) in [6.07, 6.45) is 0.00192. The van der Waals surface area contributed by atoms with Crippen molar-refractivity contribution in [3.8, 4) is 5.75 Å². The molecular formula is C24H28FN2O4+. The van der Waals surface area contributed by atoms with E-state index in [0.29, 0.717) is 30.0 Å². The lowest BCUT2D eigenvalue weighted by Gasteiger charge is -2.25. The highest BCUT2D eigenvalue weighted by molar-refractivity contribution is 6.46. The number of nitrogens with one attached hydrogen (secondary N) is 1.